The van der Waals surface area contributed by atoms with Gasteiger partial charge in [-0.15, -0.1) is 0 Å². The lowest BCUT2D eigenvalue weighted by atomic mass is 9.79. The van der Waals surface area contributed by atoms with Crippen molar-refractivity contribution in [2.24, 2.45) is 0 Å². The van der Waals surface area contributed by atoms with Crippen molar-refractivity contribution in [2.75, 3.05) is 26.7 Å². The molecule has 0 unspecified atom stereocenters. The van der Waals surface area contributed by atoms with Crippen LogP contribution < -0.4 is 0 Å². The molecule has 2 aliphatic heterocycles. The van der Waals surface area contributed by atoms with Crippen molar-refractivity contribution >= 4 is 5.91 Å². The van der Waals surface area contributed by atoms with Gasteiger partial charge in [0.1, 0.15) is 0 Å². The molecule has 0 radical (unpaired) electrons. The molecular formula is C22H34N2O2. The van der Waals surface area contributed by atoms with E-state index in [1.54, 1.807) is 0 Å². The van der Waals surface area contributed by atoms with Crippen LogP contribution in [0.15, 0.2) is 30.3 Å². The molecule has 3 rings (SSSR count). The number of nitrogens with zero attached hydrogens (tertiary/aromatic N) is 2. The zero-order valence-electron chi connectivity index (χ0n) is 16.6. The number of hydrogen-bond acceptors (Lipinski definition) is 3. The summed E-state index contributed by atoms with van der Waals surface area (Å²) < 4.78 is 6.75. The maximum atomic E-state index is 12.7. The summed E-state index contributed by atoms with van der Waals surface area (Å²) in [6, 6.07) is 10.8. The van der Waals surface area contributed by atoms with Gasteiger partial charge in [0.2, 0.25) is 5.91 Å². The summed E-state index contributed by atoms with van der Waals surface area (Å²) in [6.07, 6.45) is 5.65. The van der Waals surface area contributed by atoms with E-state index >= 15 is 0 Å². The van der Waals surface area contributed by atoms with E-state index in [0.29, 0.717) is 12.3 Å². The Hall–Kier alpha value is -1.39. The molecule has 0 N–H and O–H groups in total. The van der Waals surface area contributed by atoms with E-state index in [0.717, 1.165) is 51.7 Å². The Morgan fingerprint density at radius 2 is 1.92 bits per heavy atom. The molecule has 2 aliphatic rings. The van der Waals surface area contributed by atoms with Crippen LogP contribution in [0, 0.1) is 0 Å². The first kappa shape index (κ1) is 19.4. The highest BCUT2D eigenvalue weighted by atomic mass is 16.5. The van der Waals surface area contributed by atoms with Gasteiger partial charge >= 0.3 is 0 Å². The molecule has 4 heteroatoms. The van der Waals surface area contributed by atoms with Crippen LogP contribution in [-0.2, 0) is 9.53 Å². The highest BCUT2D eigenvalue weighted by Gasteiger charge is 2.45. The molecule has 144 valence electrons. The average Bonchev–Trinajstić information content (AvgIpc) is 2.66. The Labute approximate surface area is 158 Å². The van der Waals surface area contributed by atoms with Crippen molar-refractivity contribution in [1.29, 1.82) is 0 Å². The van der Waals surface area contributed by atoms with Crippen molar-refractivity contribution in [3.63, 3.8) is 0 Å². The van der Waals surface area contributed by atoms with Crippen molar-refractivity contribution in [2.45, 2.75) is 70.1 Å². The van der Waals surface area contributed by atoms with Crippen molar-refractivity contribution in [3.8, 4) is 0 Å². The normalized spacial score (nSPS) is 26.0. The number of likely N-dealkylation sites (tertiary alicyclic amines) is 1. The fourth-order valence-corrected chi connectivity index (χ4v) is 4.61. The summed E-state index contributed by atoms with van der Waals surface area (Å²) in [5.41, 5.74) is 1.16. The van der Waals surface area contributed by atoms with Crippen molar-refractivity contribution in [1.82, 2.24) is 9.80 Å². The fourth-order valence-electron chi connectivity index (χ4n) is 4.61. The molecule has 0 bridgehead atoms. The van der Waals surface area contributed by atoms with Crippen LogP contribution in [-0.4, -0.2) is 54.0 Å². The Morgan fingerprint density at radius 3 is 2.54 bits per heavy atom. The van der Waals surface area contributed by atoms with Gasteiger partial charge in [-0.1, -0.05) is 37.3 Å². The van der Waals surface area contributed by atoms with E-state index < -0.39 is 0 Å². The zero-order valence-corrected chi connectivity index (χ0v) is 16.6. The first-order valence-corrected chi connectivity index (χ1v) is 10.3. The smallest absolute Gasteiger partial charge is 0.222 e. The summed E-state index contributed by atoms with van der Waals surface area (Å²) in [4.78, 5) is 17.2. The van der Waals surface area contributed by atoms with E-state index in [4.69, 9.17) is 4.74 Å². The lowest BCUT2D eigenvalue weighted by Gasteiger charge is -2.50. The fraction of sp³-hybridized carbons (Fsp3) is 0.682. The summed E-state index contributed by atoms with van der Waals surface area (Å²) in [5, 5.41) is 0. The first-order chi connectivity index (χ1) is 12.6. The SMILES string of the molecule is CCCC(=O)N(CC)[C@H]1C[C@@H](c2ccccc2)OC2(CCN(C)CC2)C1. The second kappa shape index (κ2) is 8.53. The van der Waals surface area contributed by atoms with E-state index in [-0.39, 0.29) is 17.7 Å². The van der Waals surface area contributed by atoms with Gasteiger partial charge in [0.05, 0.1) is 11.7 Å². The molecular weight excluding hydrogens is 324 g/mol. The number of carbonyl (C=O) groups is 1. The van der Waals surface area contributed by atoms with Gasteiger partial charge in [0, 0.05) is 32.1 Å². The van der Waals surface area contributed by atoms with Crippen LogP contribution in [0.4, 0.5) is 0 Å². The summed E-state index contributed by atoms with van der Waals surface area (Å²) in [7, 11) is 2.19. The third kappa shape index (κ3) is 4.29. The Kier molecular flexibility index (Phi) is 6.36. The number of ether oxygens (including phenoxy) is 1. The van der Waals surface area contributed by atoms with Gasteiger partial charge in [-0.25, -0.2) is 0 Å². The third-order valence-corrected chi connectivity index (χ3v) is 6.12. The van der Waals surface area contributed by atoms with Crippen LogP contribution in [0.2, 0.25) is 0 Å². The van der Waals surface area contributed by atoms with Gasteiger partial charge in [-0.2, -0.15) is 0 Å². The minimum Gasteiger partial charge on any atom is -0.367 e. The van der Waals surface area contributed by atoms with E-state index in [1.807, 2.05) is 0 Å². The highest BCUT2D eigenvalue weighted by Crippen LogP contribution is 2.44. The lowest BCUT2D eigenvalue weighted by Crippen LogP contribution is -2.54. The Morgan fingerprint density at radius 1 is 1.23 bits per heavy atom. The number of benzene rings is 1. The van der Waals surface area contributed by atoms with E-state index in [9.17, 15) is 4.79 Å². The number of carbonyl (C=O) groups excluding carboxylic acids is 1. The second-order valence-electron chi connectivity index (χ2n) is 8.03. The summed E-state index contributed by atoms with van der Waals surface area (Å²) in [6.45, 7) is 7.14. The van der Waals surface area contributed by atoms with Gasteiger partial charge in [0.15, 0.2) is 0 Å². The predicted octanol–water partition coefficient (Wildman–Crippen LogP) is 4.02. The molecule has 26 heavy (non-hydrogen) atoms. The van der Waals surface area contributed by atoms with Crippen LogP contribution >= 0.6 is 0 Å². The standard InChI is InChI=1S/C22H34N2O2/c1-4-9-21(25)24(5-2)19-16-20(18-10-7-6-8-11-18)26-22(17-19)12-14-23(3)15-13-22/h6-8,10-11,19-20H,4-5,9,12-17H2,1-3H3/t19-,20-/m0/s1. The third-order valence-electron chi connectivity index (χ3n) is 6.12. The molecule has 0 aliphatic carbocycles. The largest absolute Gasteiger partial charge is 0.367 e. The maximum absolute atomic E-state index is 12.7. The average molecular weight is 359 g/mol. The molecule has 2 atom stereocenters. The van der Waals surface area contributed by atoms with Gasteiger partial charge in [-0.3, -0.25) is 4.79 Å². The molecule has 2 saturated heterocycles. The summed E-state index contributed by atoms with van der Waals surface area (Å²) in [5.74, 6) is 0.303. The molecule has 1 spiro atoms. The monoisotopic (exact) mass is 358 g/mol. The highest BCUT2D eigenvalue weighted by molar-refractivity contribution is 5.76. The molecule has 0 saturated carbocycles. The Bertz CT molecular complexity index is 581. The first-order valence-electron chi connectivity index (χ1n) is 10.3. The quantitative estimate of drug-likeness (QED) is 0.797. The Balaban J connectivity index is 1.85. The number of piperidine rings is 1. The minimum absolute atomic E-state index is 0.0850. The van der Waals surface area contributed by atoms with Crippen LogP contribution in [0.5, 0.6) is 0 Å². The molecule has 2 fully saturated rings. The number of rotatable bonds is 5. The zero-order chi connectivity index (χ0) is 18.6. The van der Waals surface area contributed by atoms with Gasteiger partial charge in [0.25, 0.3) is 0 Å². The van der Waals surface area contributed by atoms with E-state index in [2.05, 4.69) is 61.0 Å². The van der Waals surface area contributed by atoms with Crippen LogP contribution in [0.25, 0.3) is 0 Å². The second-order valence-corrected chi connectivity index (χ2v) is 8.03. The number of hydrogen-bond donors (Lipinski definition) is 0. The van der Waals surface area contributed by atoms with Gasteiger partial charge in [-0.05, 0) is 51.6 Å². The predicted molar refractivity (Wildman–Crippen MR) is 105 cm³/mol. The molecule has 2 heterocycles. The lowest BCUT2D eigenvalue weighted by molar-refractivity contribution is -0.177. The van der Waals surface area contributed by atoms with Crippen LogP contribution in [0.3, 0.4) is 0 Å². The molecule has 1 amide bonds. The van der Waals surface area contributed by atoms with E-state index in [1.165, 1.54) is 5.56 Å². The topological polar surface area (TPSA) is 32.8 Å². The maximum Gasteiger partial charge on any atom is 0.222 e. The van der Waals surface area contributed by atoms with Crippen molar-refractivity contribution in [3.05, 3.63) is 35.9 Å². The van der Waals surface area contributed by atoms with Gasteiger partial charge < -0.3 is 14.5 Å². The number of amides is 1. The molecule has 1 aromatic rings. The molecule has 0 aromatic heterocycles. The molecule has 1 aromatic carbocycles. The van der Waals surface area contributed by atoms with Crippen LogP contribution in [0.1, 0.15) is 64.0 Å². The molecule has 4 nitrogen and oxygen atoms in total. The summed E-state index contributed by atoms with van der Waals surface area (Å²) >= 11 is 0. The minimum atomic E-state index is -0.0875. The van der Waals surface area contributed by atoms with Crippen molar-refractivity contribution < 1.29 is 9.53 Å².